The van der Waals surface area contributed by atoms with Crippen LogP contribution in [-0.2, 0) is 0 Å². The first kappa shape index (κ1) is 14.1. The second-order valence-electron chi connectivity index (χ2n) is 5.22. The molecule has 92 valence electrons. The molecular weight excluding hydrogens is 226 g/mol. The SMILES string of the molecule is Cc1ccc(C)c(SCCCC(C)(C)C#N)c1. The van der Waals surface area contributed by atoms with E-state index >= 15 is 0 Å². The third kappa shape index (κ3) is 4.83. The minimum Gasteiger partial charge on any atom is -0.198 e. The Labute approximate surface area is 109 Å². The van der Waals surface area contributed by atoms with Crippen molar-refractivity contribution >= 4 is 11.8 Å². The first-order chi connectivity index (χ1) is 7.94. The van der Waals surface area contributed by atoms with Crippen molar-refractivity contribution in [3.63, 3.8) is 0 Å². The molecule has 0 fully saturated rings. The monoisotopic (exact) mass is 247 g/mol. The fourth-order valence-electron chi connectivity index (χ4n) is 1.61. The summed E-state index contributed by atoms with van der Waals surface area (Å²) in [5.41, 5.74) is 2.48. The molecule has 0 bridgehead atoms. The second kappa shape index (κ2) is 6.12. The van der Waals surface area contributed by atoms with Gasteiger partial charge >= 0.3 is 0 Å². The molecule has 0 aliphatic rings. The molecular formula is C15H21NS. The zero-order valence-electron chi connectivity index (χ0n) is 11.2. The fraction of sp³-hybridized carbons (Fsp3) is 0.533. The van der Waals surface area contributed by atoms with Gasteiger partial charge in [-0.2, -0.15) is 5.26 Å². The molecule has 1 nitrogen and oxygen atoms in total. The smallest absolute Gasteiger partial charge is 0.0683 e. The van der Waals surface area contributed by atoms with Crippen molar-refractivity contribution < 1.29 is 0 Å². The van der Waals surface area contributed by atoms with Crippen LogP contribution in [0.4, 0.5) is 0 Å². The molecule has 0 heterocycles. The minimum atomic E-state index is -0.178. The van der Waals surface area contributed by atoms with Gasteiger partial charge in [0.05, 0.1) is 11.5 Å². The maximum atomic E-state index is 8.93. The lowest BCUT2D eigenvalue weighted by Gasteiger charge is -2.14. The Morgan fingerprint density at radius 1 is 1.29 bits per heavy atom. The minimum absolute atomic E-state index is 0.178. The molecule has 0 unspecified atom stereocenters. The maximum absolute atomic E-state index is 8.93. The Morgan fingerprint density at radius 3 is 2.65 bits per heavy atom. The van der Waals surface area contributed by atoms with Crippen LogP contribution in [0.25, 0.3) is 0 Å². The lowest BCUT2D eigenvalue weighted by atomic mass is 9.90. The van der Waals surface area contributed by atoms with Crippen LogP contribution >= 0.6 is 11.8 Å². The average Bonchev–Trinajstić information content (AvgIpc) is 2.29. The molecule has 0 N–H and O–H groups in total. The number of aryl methyl sites for hydroxylation is 2. The van der Waals surface area contributed by atoms with Gasteiger partial charge in [0.25, 0.3) is 0 Å². The van der Waals surface area contributed by atoms with E-state index in [0.29, 0.717) is 0 Å². The van der Waals surface area contributed by atoms with Gasteiger partial charge in [-0.1, -0.05) is 17.7 Å². The maximum Gasteiger partial charge on any atom is 0.0683 e. The molecule has 0 amide bonds. The topological polar surface area (TPSA) is 23.8 Å². The van der Waals surface area contributed by atoms with Crippen LogP contribution < -0.4 is 0 Å². The highest BCUT2D eigenvalue weighted by molar-refractivity contribution is 7.99. The molecule has 1 aromatic carbocycles. The second-order valence-corrected chi connectivity index (χ2v) is 6.35. The molecule has 0 spiro atoms. The van der Waals surface area contributed by atoms with Crippen molar-refractivity contribution in [1.82, 2.24) is 0 Å². The first-order valence-electron chi connectivity index (χ1n) is 6.06. The summed E-state index contributed by atoms with van der Waals surface area (Å²) < 4.78 is 0. The third-order valence-electron chi connectivity index (χ3n) is 2.85. The van der Waals surface area contributed by atoms with Gasteiger partial charge < -0.3 is 0 Å². The molecule has 0 radical (unpaired) electrons. The van der Waals surface area contributed by atoms with Crippen LogP contribution in [0.5, 0.6) is 0 Å². The molecule has 1 rings (SSSR count). The van der Waals surface area contributed by atoms with Gasteiger partial charge in [-0.25, -0.2) is 0 Å². The molecule has 0 atom stereocenters. The summed E-state index contributed by atoms with van der Waals surface area (Å²) in [4.78, 5) is 1.37. The number of nitriles is 1. The largest absolute Gasteiger partial charge is 0.198 e. The highest BCUT2D eigenvalue weighted by Crippen LogP contribution is 2.27. The Kier molecular flexibility index (Phi) is 5.08. The van der Waals surface area contributed by atoms with Crippen molar-refractivity contribution in [2.45, 2.75) is 45.4 Å². The third-order valence-corrected chi connectivity index (χ3v) is 4.09. The summed E-state index contributed by atoms with van der Waals surface area (Å²) in [5, 5.41) is 8.93. The summed E-state index contributed by atoms with van der Waals surface area (Å²) in [6.45, 7) is 8.30. The van der Waals surface area contributed by atoms with E-state index in [-0.39, 0.29) is 5.41 Å². The van der Waals surface area contributed by atoms with Gasteiger partial charge in [0.1, 0.15) is 0 Å². The summed E-state index contributed by atoms with van der Waals surface area (Å²) in [6, 6.07) is 8.93. The Hall–Kier alpha value is -0.940. The van der Waals surface area contributed by atoms with Crippen molar-refractivity contribution in [3.8, 4) is 6.07 Å². The highest BCUT2D eigenvalue weighted by Gasteiger charge is 2.15. The predicted molar refractivity (Wildman–Crippen MR) is 75.3 cm³/mol. The van der Waals surface area contributed by atoms with Gasteiger partial charge in [0.2, 0.25) is 0 Å². The lowest BCUT2D eigenvalue weighted by molar-refractivity contribution is 0.448. The zero-order valence-corrected chi connectivity index (χ0v) is 12.0. The first-order valence-corrected chi connectivity index (χ1v) is 7.04. The van der Waals surface area contributed by atoms with Gasteiger partial charge in [0, 0.05) is 4.90 Å². The van der Waals surface area contributed by atoms with Crippen LogP contribution in [0.15, 0.2) is 23.1 Å². The normalized spacial score (nSPS) is 11.2. The van der Waals surface area contributed by atoms with Gasteiger partial charge in [0.15, 0.2) is 0 Å². The lowest BCUT2D eigenvalue weighted by Crippen LogP contribution is -2.07. The van der Waals surface area contributed by atoms with E-state index in [1.807, 2.05) is 25.6 Å². The van der Waals surface area contributed by atoms with Crippen LogP contribution in [0, 0.1) is 30.6 Å². The molecule has 0 aromatic heterocycles. The molecule has 0 saturated heterocycles. The molecule has 0 aliphatic carbocycles. The zero-order chi connectivity index (χ0) is 12.9. The van der Waals surface area contributed by atoms with E-state index in [1.165, 1.54) is 16.0 Å². The number of hydrogen-bond acceptors (Lipinski definition) is 2. The van der Waals surface area contributed by atoms with Crippen molar-refractivity contribution in [2.24, 2.45) is 5.41 Å². The molecule has 1 aromatic rings. The molecule has 17 heavy (non-hydrogen) atoms. The van der Waals surface area contributed by atoms with E-state index in [1.54, 1.807) is 0 Å². The van der Waals surface area contributed by atoms with Crippen LogP contribution in [-0.4, -0.2) is 5.75 Å². The van der Waals surface area contributed by atoms with Gasteiger partial charge in [-0.3, -0.25) is 0 Å². The summed E-state index contributed by atoms with van der Waals surface area (Å²) in [5.74, 6) is 1.09. The number of hydrogen-bond donors (Lipinski definition) is 0. The molecule has 2 heteroatoms. The summed E-state index contributed by atoms with van der Waals surface area (Å²) >= 11 is 1.90. The van der Waals surface area contributed by atoms with Crippen LogP contribution in [0.3, 0.4) is 0 Å². The Bertz CT molecular complexity index is 415. The van der Waals surface area contributed by atoms with E-state index in [0.717, 1.165) is 18.6 Å². The van der Waals surface area contributed by atoms with E-state index < -0.39 is 0 Å². The predicted octanol–water partition coefficient (Wildman–Crippen LogP) is 4.73. The van der Waals surface area contributed by atoms with Crippen molar-refractivity contribution in [2.75, 3.05) is 5.75 Å². The quantitative estimate of drug-likeness (QED) is 0.555. The standard InChI is InChI=1S/C15H21NS/c1-12-6-7-13(2)14(10-12)17-9-5-8-15(3,4)11-16/h6-7,10H,5,8-9H2,1-4H3. The van der Waals surface area contributed by atoms with Crippen LogP contribution in [0.2, 0.25) is 0 Å². The number of benzene rings is 1. The Morgan fingerprint density at radius 2 is 2.00 bits per heavy atom. The van der Waals surface area contributed by atoms with Crippen molar-refractivity contribution in [1.29, 1.82) is 5.26 Å². The van der Waals surface area contributed by atoms with E-state index in [4.69, 9.17) is 5.26 Å². The highest BCUT2D eigenvalue weighted by atomic mass is 32.2. The van der Waals surface area contributed by atoms with Gasteiger partial charge in [-0.15, -0.1) is 11.8 Å². The van der Waals surface area contributed by atoms with E-state index in [9.17, 15) is 0 Å². The number of thioether (sulfide) groups is 1. The van der Waals surface area contributed by atoms with Gasteiger partial charge in [-0.05, 0) is 57.9 Å². The fourth-order valence-corrected chi connectivity index (χ4v) is 2.69. The summed E-state index contributed by atoms with van der Waals surface area (Å²) in [6.07, 6.45) is 2.07. The Balaban J connectivity index is 2.42. The number of rotatable bonds is 5. The van der Waals surface area contributed by atoms with E-state index in [2.05, 4.69) is 38.1 Å². The molecule has 0 saturated carbocycles. The van der Waals surface area contributed by atoms with Crippen LogP contribution in [0.1, 0.15) is 37.8 Å². The summed E-state index contributed by atoms with van der Waals surface area (Å²) in [7, 11) is 0. The molecule has 0 aliphatic heterocycles. The van der Waals surface area contributed by atoms with Crippen molar-refractivity contribution in [3.05, 3.63) is 29.3 Å². The average molecular weight is 247 g/mol. The number of nitrogens with zero attached hydrogens (tertiary/aromatic N) is 1.